The van der Waals surface area contributed by atoms with Gasteiger partial charge in [-0.05, 0) is 26.7 Å². The number of rotatable bonds is 28. The third-order valence-electron chi connectivity index (χ3n) is 8.38. The molecule has 0 aliphatic carbocycles. The highest BCUT2D eigenvalue weighted by Gasteiger charge is 2.33. The lowest BCUT2D eigenvalue weighted by Crippen LogP contribution is -2.43. The average molecular weight is 536 g/mol. The lowest BCUT2D eigenvalue weighted by atomic mass is 10.0. The second kappa shape index (κ2) is 25.6. The fourth-order valence-corrected chi connectivity index (χ4v) is 5.78. The minimum absolute atomic E-state index is 0.0188. The zero-order valence-electron chi connectivity index (χ0n) is 26.3. The van der Waals surface area contributed by atoms with Gasteiger partial charge in [-0.2, -0.15) is 0 Å². The van der Waals surface area contributed by atoms with Gasteiger partial charge < -0.3 is 9.84 Å². The highest BCUT2D eigenvalue weighted by molar-refractivity contribution is 4.98. The van der Waals surface area contributed by atoms with Crippen LogP contribution in [0.5, 0.6) is 0 Å². The summed E-state index contributed by atoms with van der Waals surface area (Å²) in [4.78, 5) is 0. The maximum absolute atomic E-state index is 10.2. The van der Waals surface area contributed by atoms with Gasteiger partial charge in [0.1, 0.15) is 5.72 Å². The van der Waals surface area contributed by atoms with Crippen molar-refractivity contribution < 1.29 is 9.84 Å². The molecule has 1 aliphatic rings. The van der Waals surface area contributed by atoms with E-state index in [0.29, 0.717) is 6.61 Å². The molecule has 1 fully saturated rings. The molecule has 2 atom stereocenters. The van der Waals surface area contributed by atoms with E-state index in [-0.39, 0.29) is 11.8 Å². The number of allylic oxidation sites excluding steroid dienone is 1. The van der Waals surface area contributed by atoms with Gasteiger partial charge in [0.15, 0.2) is 0 Å². The summed E-state index contributed by atoms with van der Waals surface area (Å²) in [6.45, 7) is 6.89. The molecule has 2 N–H and O–H groups in total. The summed E-state index contributed by atoms with van der Waals surface area (Å²) in [5.41, 5.74) is -0.314. The first kappa shape index (κ1) is 35.6. The first-order valence-electron chi connectivity index (χ1n) is 17.3. The Kier molecular flexibility index (Phi) is 24.0. The number of unbranched alkanes of at least 4 members (excludes halogenated alkanes) is 25. The van der Waals surface area contributed by atoms with E-state index in [2.05, 4.69) is 18.3 Å². The Morgan fingerprint density at radius 1 is 0.632 bits per heavy atom. The molecule has 1 rings (SSSR count). The topological polar surface area (TPSA) is 41.5 Å². The van der Waals surface area contributed by atoms with E-state index < -0.39 is 6.10 Å². The predicted octanol–water partition coefficient (Wildman–Crippen LogP) is 10.8. The zero-order valence-corrected chi connectivity index (χ0v) is 26.3. The molecular formula is C35H69NO2. The van der Waals surface area contributed by atoms with Crippen LogP contribution in [0.3, 0.4) is 0 Å². The van der Waals surface area contributed by atoms with Crippen molar-refractivity contribution in [2.75, 3.05) is 6.61 Å². The van der Waals surface area contributed by atoms with Crippen molar-refractivity contribution in [2.24, 2.45) is 0 Å². The van der Waals surface area contributed by atoms with Crippen molar-refractivity contribution in [1.29, 1.82) is 0 Å². The fourth-order valence-electron chi connectivity index (χ4n) is 5.78. The normalized spacial score (nSPS) is 18.1. The van der Waals surface area contributed by atoms with Crippen LogP contribution in [0, 0.1) is 0 Å². The van der Waals surface area contributed by atoms with Crippen LogP contribution in [0.1, 0.15) is 188 Å². The van der Waals surface area contributed by atoms with Gasteiger partial charge >= 0.3 is 0 Å². The molecule has 0 spiro atoms. The van der Waals surface area contributed by atoms with Crippen LogP contribution in [0.2, 0.25) is 0 Å². The van der Waals surface area contributed by atoms with Crippen molar-refractivity contribution in [3.63, 3.8) is 0 Å². The van der Waals surface area contributed by atoms with Gasteiger partial charge in [0.25, 0.3) is 0 Å². The highest BCUT2D eigenvalue weighted by atomic mass is 16.5. The Morgan fingerprint density at radius 3 is 1.29 bits per heavy atom. The molecule has 0 aromatic carbocycles. The standard InChI is InChI=1S/C35H69NO2/c1-4-5-6-7-8-9-10-11-12-13-14-15-16-17-18-19-20-21-22-23-24-25-26-27-28-29-30-31-34(37)33-32-38-35(2,3)36-33/h30-31,33-34,36-37H,4-29,32H2,1-3H3/b31-30+/t33-,34+/m0/s1. The summed E-state index contributed by atoms with van der Waals surface area (Å²) in [5.74, 6) is 0. The third kappa shape index (κ3) is 22.4. The third-order valence-corrected chi connectivity index (χ3v) is 8.38. The van der Waals surface area contributed by atoms with Gasteiger partial charge in [0, 0.05) is 0 Å². The van der Waals surface area contributed by atoms with Crippen LogP contribution >= 0.6 is 0 Å². The van der Waals surface area contributed by atoms with Crippen LogP contribution in [0.15, 0.2) is 12.2 Å². The number of hydrogen-bond donors (Lipinski definition) is 2. The quantitative estimate of drug-likeness (QED) is 0.0773. The van der Waals surface area contributed by atoms with Crippen molar-refractivity contribution in [2.45, 2.75) is 206 Å². The molecule has 0 saturated carbocycles. The highest BCUT2D eigenvalue weighted by Crippen LogP contribution is 2.18. The van der Waals surface area contributed by atoms with Crippen LogP contribution in [-0.4, -0.2) is 29.6 Å². The van der Waals surface area contributed by atoms with E-state index in [1.165, 1.54) is 161 Å². The smallest absolute Gasteiger partial charge is 0.114 e. The van der Waals surface area contributed by atoms with E-state index >= 15 is 0 Å². The predicted molar refractivity (Wildman–Crippen MR) is 168 cm³/mol. The number of aliphatic hydroxyl groups is 1. The lowest BCUT2D eigenvalue weighted by Gasteiger charge is -2.19. The molecule has 1 heterocycles. The molecule has 0 radical (unpaired) electrons. The molecule has 3 nitrogen and oxygen atoms in total. The Labute approximate surface area is 239 Å². The molecule has 1 aliphatic heterocycles. The molecule has 3 heteroatoms. The Hall–Kier alpha value is -0.380. The minimum atomic E-state index is -0.448. The van der Waals surface area contributed by atoms with Crippen molar-refractivity contribution >= 4 is 0 Å². The maximum Gasteiger partial charge on any atom is 0.114 e. The second-order valence-corrected chi connectivity index (χ2v) is 12.8. The molecule has 1 saturated heterocycles. The molecule has 0 aromatic heterocycles. The largest absolute Gasteiger partial charge is 0.387 e. The van der Waals surface area contributed by atoms with Crippen LogP contribution < -0.4 is 5.32 Å². The molecule has 226 valence electrons. The second-order valence-electron chi connectivity index (χ2n) is 12.8. The molecule has 0 aromatic rings. The summed E-state index contributed by atoms with van der Waals surface area (Å²) < 4.78 is 5.63. The molecular weight excluding hydrogens is 466 g/mol. The van der Waals surface area contributed by atoms with E-state index in [0.717, 1.165) is 6.42 Å². The number of aliphatic hydroxyl groups excluding tert-OH is 1. The molecule has 0 unspecified atom stereocenters. The average Bonchev–Trinajstić information content (AvgIpc) is 3.27. The van der Waals surface area contributed by atoms with Crippen LogP contribution in [0.4, 0.5) is 0 Å². The molecule has 0 amide bonds. The van der Waals surface area contributed by atoms with Crippen molar-refractivity contribution in [1.82, 2.24) is 5.32 Å². The van der Waals surface area contributed by atoms with E-state index in [9.17, 15) is 5.11 Å². The first-order valence-corrected chi connectivity index (χ1v) is 17.3. The van der Waals surface area contributed by atoms with Gasteiger partial charge in [-0.3, -0.25) is 5.32 Å². The zero-order chi connectivity index (χ0) is 27.6. The van der Waals surface area contributed by atoms with Gasteiger partial charge in [0.05, 0.1) is 18.8 Å². The Morgan fingerprint density at radius 2 is 0.974 bits per heavy atom. The summed E-state index contributed by atoms with van der Waals surface area (Å²) in [7, 11) is 0. The SMILES string of the molecule is CCCCCCCCCCCCCCCCCCCCCCCCCCC/C=C/[C@@H](O)[C@@H]1COC(C)(C)N1. The number of ether oxygens (including phenoxy) is 1. The van der Waals surface area contributed by atoms with Crippen molar-refractivity contribution in [3.8, 4) is 0 Å². The number of nitrogens with one attached hydrogen (secondary N) is 1. The van der Waals surface area contributed by atoms with E-state index in [1.54, 1.807) is 0 Å². The Bertz CT molecular complexity index is 518. The van der Waals surface area contributed by atoms with Crippen LogP contribution in [0.25, 0.3) is 0 Å². The molecule has 38 heavy (non-hydrogen) atoms. The fraction of sp³-hybridized carbons (Fsp3) is 0.943. The first-order chi connectivity index (χ1) is 18.5. The van der Waals surface area contributed by atoms with Gasteiger partial charge in [-0.15, -0.1) is 0 Å². The number of hydrogen-bond acceptors (Lipinski definition) is 3. The summed E-state index contributed by atoms with van der Waals surface area (Å²) in [5, 5.41) is 13.6. The van der Waals surface area contributed by atoms with E-state index in [1.807, 2.05) is 19.9 Å². The van der Waals surface area contributed by atoms with Gasteiger partial charge in [-0.1, -0.05) is 173 Å². The maximum atomic E-state index is 10.2. The summed E-state index contributed by atoms with van der Waals surface area (Å²) in [6.07, 6.45) is 40.6. The summed E-state index contributed by atoms with van der Waals surface area (Å²) >= 11 is 0. The lowest BCUT2D eigenvalue weighted by molar-refractivity contribution is 0.0228. The molecule has 0 bridgehead atoms. The minimum Gasteiger partial charge on any atom is -0.387 e. The summed E-state index contributed by atoms with van der Waals surface area (Å²) in [6, 6.07) is 0.0188. The monoisotopic (exact) mass is 536 g/mol. The Balaban J connectivity index is 1.69. The van der Waals surface area contributed by atoms with Crippen molar-refractivity contribution in [3.05, 3.63) is 12.2 Å². The van der Waals surface area contributed by atoms with Gasteiger partial charge in [-0.25, -0.2) is 0 Å². The van der Waals surface area contributed by atoms with Crippen LogP contribution in [-0.2, 0) is 4.74 Å². The van der Waals surface area contributed by atoms with Gasteiger partial charge in [0.2, 0.25) is 0 Å². The van der Waals surface area contributed by atoms with E-state index in [4.69, 9.17) is 4.74 Å².